The van der Waals surface area contributed by atoms with Gasteiger partial charge in [-0.05, 0) is 43.5 Å². The molecule has 3 rings (SSSR count). The maximum absolute atomic E-state index is 12.6. The molecule has 5 nitrogen and oxygen atoms in total. The number of hydrogen-bond donors (Lipinski definition) is 1. The van der Waals surface area contributed by atoms with Crippen LogP contribution < -0.4 is 10.2 Å². The first-order valence-corrected chi connectivity index (χ1v) is 8.34. The lowest BCUT2D eigenvalue weighted by atomic mass is 10.2. The van der Waals surface area contributed by atoms with Gasteiger partial charge in [-0.2, -0.15) is 0 Å². The van der Waals surface area contributed by atoms with E-state index in [0.29, 0.717) is 10.9 Å². The first-order valence-electron chi connectivity index (χ1n) is 7.96. The molecule has 1 fully saturated rings. The minimum Gasteiger partial charge on any atom is -0.360 e. The standard InChI is InChI=1S/C17H20ClN3O2/c1-2-4-13-11-16(23-20-13)19-17(22)15-5-3-10-21(15)14-8-6-12(18)7-9-14/h6-9,11,15H,2-5,10H2,1H3,(H,19,22)/t15-/m0/s1. The van der Waals surface area contributed by atoms with Crippen molar-refractivity contribution in [3.63, 3.8) is 0 Å². The van der Waals surface area contributed by atoms with Crippen molar-refractivity contribution in [3.8, 4) is 0 Å². The van der Waals surface area contributed by atoms with Crippen molar-refractivity contribution in [2.45, 2.75) is 38.6 Å². The Morgan fingerprint density at radius 1 is 1.43 bits per heavy atom. The maximum Gasteiger partial charge on any atom is 0.249 e. The summed E-state index contributed by atoms with van der Waals surface area (Å²) in [5, 5.41) is 7.49. The molecule has 1 N–H and O–H groups in total. The van der Waals surface area contributed by atoms with E-state index in [0.717, 1.165) is 43.6 Å². The van der Waals surface area contributed by atoms with Crippen LogP contribution in [0.15, 0.2) is 34.9 Å². The van der Waals surface area contributed by atoms with Gasteiger partial charge in [0.15, 0.2) is 0 Å². The Bertz CT molecular complexity index is 669. The van der Waals surface area contributed by atoms with E-state index in [-0.39, 0.29) is 11.9 Å². The molecule has 0 radical (unpaired) electrons. The van der Waals surface area contributed by atoms with E-state index in [4.69, 9.17) is 16.1 Å². The second-order valence-corrected chi connectivity index (χ2v) is 6.19. The van der Waals surface area contributed by atoms with Gasteiger partial charge in [0.1, 0.15) is 6.04 Å². The Morgan fingerprint density at radius 3 is 2.96 bits per heavy atom. The molecule has 2 aromatic rings. The highest BCUT2D eigenvalue weighted by Gasteiger charge is 2.31. The quantitative estimate of drug-likeness (QED) is 0.901. The number of aromatic nitrogens is 1. The molecule has 122 valence electrons. The molecule has 0 saturated carbocycles. The fraction of sp³-hybridized carbons (Fsp3) is 0.412. The van der Waals surface area contributed by atoms with Crippen molar-refractivity contribution in [1.82, 2.24) is 5.16 Å². The van der Waals surface area contributed by atoms with Crippen LogP contribution in [0, 0.1) is 0 Å². The van der Waals surface area contributed by atoms with Crippen LogP contribution in [0.3, 0.4) is 0 Å². The Labute approximate surface area is 140 Å². The Kier molecular flexibility index (Phi) is 4.86. The number of halogens is 1. The van der Waals surface area contributed by atoms with E-state index in [1.165, 1.54) is 0 Å². The average molecular weight is 334 g/mol. The third kappa shape index (κ3) is 3.67. The van der Waals surface area contributed by atoms with Crippen LogP contribution in [0.25, 0.3) is 0 Å². The third-order valence-electron chi connectivity index (χ3n) is 4.03. The molecule has 2 heterocycles. The van der Waals surface area contributed by atoms with Gasteiger partial charge >= 0.3 is 0 Å². The van der Waals surface area contributed by atoms with Crippen LogP contribution >= 0.6 is 11.6 Å². The van der Waals surface area contributed by atoms with Crippen molar-refractivity contribution in [2.24, 2.45) is 0 Å². The fourth-order valence-corrected chi connectivity index (χ4v) is 3.06. The van der Waals surface area contributed by atoms with Crippen LogP contribution in [-0.2, 0) is 11.2 Å². The van der Waals surface area contributed by atoms with Gasteiger partial charge < -0.3 is 9.42 Å². The zero-order valence-corrected chi connectivity index (χ0v) is 13.8. The number of hydrogen-bond acceptors (Lipinski definition) is 4. The summed E-state index contributed by atoms with van der Waals surface area (Å²) in [6.07, 6.45) is 3.65. The summed E-state index contributed by atoms with van der Waals surface area (Å²) in [5.74, 6) is 0.359. The van der Waals surface area contributed by atoms with E-state index in [2.05, 4.69) is 22.3 Å². The average Bonchev–Trinajstić information content (AvgIpc) is 3.18. The molecule has 1 amide bonds. The van der Waals surface area contributed by atoms with E-state index >= 15 is 0 Å². The molecule has 0 unspecified atom stereocenters. The van der Waals surface area contributed by atoms with Gasteiger partial charge in [-0.25, -0.2) is 0 Å². The molecule has 1 aliphatic rings. The minimum atomic E-state index is -0.198. The van der Waals surface area contributed by atoms with Crippen LogP contribution in [0.2, 0.25) is 5.02 Å². The molecule has 23 heavy (non-hydrogen) atoms. The SMILES string of the molecule is CCCc1cc(NC(=O)[C@@H]2CCCN2c2ccc(Cl)cc2)on1. The first-order chi connectivity index (χ1) is 11.2. The zero-order valence-electron chi connectivity index (χ0n) is 13.1. The molecule has 0 spiro atoms. The molecule has 1 saturated heterocycles. The van der Waals surface area contributed by atoms with Gasteiger partial charge in [0.2, 0.25) is 11.8 Å². The highest BCUT2D eigenvalue weighted by Crippen LogP contribution is 2.27. The smallest absolute Gasteiger partial charge is 0.249 e. The van der Waals surface area contributed by atoms with Crippen LogP contribution in [0.1, 0.15) is 31.9 Å². The second kappa shape index (κ2) is 7.04. The number of nitrogens with one attached hydrogen (secondary N) is 1. The predicted octanol–water partition coefficient (Wildman–Crippen LogP) is 3.89. The number of benzene rings is 1. The van der Waals surface area contributed by atoms with E-state index in [9.17, 15) is 4.79 Å². The monoisotopic (exact) mass is 333 g/mol. The molecule has 0 bridgehead atoms. The number of amides is 1. The van der Waals surface area contributed by atoms with Gasteiger partial charge in [-0.15, -0.1) is 0 Å². The Hall–Kier alpha value is -2.01. The predicted molar refractivity (Wildman–Crippen MR) is 90.9 cm³/mol. The summed E-state index contributed by atoms with van der Waals surface area (Å²) in [4.78, 5) is 14.7. The zero-order chi connectivity index (χ0) is 16.2. The number of nitrogens with zero attached hydrogens (tertiary/aromatic N) is 2. The highest BCUT2D eigenvalue weighted by atomic mass is 35.5. The number of aryl methyl sites for hydroxylation is 1. The van der Waals surface area contributed by atoms with E-state index in [1.54, 1.807) is 6.07 Å². The Balaban J connectivity index is 1.68. The number of carbonyl (C=O) groups is 1. The van der Waals surface area contributed by atoms with Gasteiger partial charge in [0, 0.05) is 23.3 Å². The molecule has 1 aromatic carbocycles. The van der Waals surface area contributed by atoms with Crippen molar-refractivity contribution >= 4 is 29.1 Å². The van der Waals surface area contributed by atoms with Crippen LogP contribution in [0.5, 0.6) is 0 Å². The van der Waals surface area contributed by atoms with Crippen molar-refractivity contribution < 1.29 is 9.32 Å². The minimum absolute atomic E-state index is 0.0587. The normalized spacial score (nSPS) is 17.5. The molecule has 1 aromatic heterocycles. The lowest BCUT2D eigenvalue weighted by Crippen LogP contribution is -2.39. The summed E-state index contributed by atoms with van der Waals surface area (Å²) >= 11 is 5.94. The van der Waals surface area contributed by atoms with Crippen LogP contribution in [-0.4, -0.2) is 23.7 Å². The van der Waals surface area contributed by atoms with Crippen molar-refractivity contribution in [3.05, 3.63) is 41.0 Å². The van der Waals surface area contributed by atoms with Crippen LogP contribution in [0.4, 0.5) is 11.6 Å². The molecule has 0 aliphatic carbocycles. The summed E-state index contributed by atoms with van der Waals surface area (Å²) < 4.78 is 5.19. The number of rotatable bonds is 5. The lowest BCUT2D eigenvalue weighted by Gasteiger charge is -2.25. The maximum atomic E-state index is 12.6. The largest absolute Gasteiger partial charge is 0.360 e. The van der Waals surface area contributed by atoms with Gasteiger partial charge in [-0.1, -0.05) is 30.1 Å². The summed E-state index contributed by atoms with van der Waals surface area (Å²) in [6.45, 7) is 2.94. The topological polar surface area (TPSA) is 58.4 Å². The van der Waals surface area contributed by atoms with Gasteiger partial charge in [0.05, 0.1) is 5.69 Å². The van der Waals surface area contributed by atoms with Gasteiger partial charge in [-0.3, -0.25) is 10.1 Å². The molecule has 1 atom stereocenters. The molecule has 6 heteroatoms. The molecular weight excluding hydrogens is 314 g/mol. The summed E-state index contributed by atoms with van der Waals surface area (Å²) in [5.41, 5.74) is 1.88. The molecular formula is C17H20ClN3O2. The van der Waals surface area contributed by atoms with E-state index < -0.39 is 0 Å². The first kappa shape index (κ1) is 15.9. The number of carbonyl (C=O) groups excluding carboxylic acids is 1. The summed E-state index contributed by atoms with van der Waals surface area (Å²) in [6, 6.07) is 9.18. The van der Waals surface area contributed by atoms with E-state index in [1.807, 2.05) is 24.3 Å². The summed E-state index contributed by atoms with van der Waals surface area (Å²) in [7, 11) is 0. The Morgan fingerprint density at radius 2 is 2.22 bits per heavy atom. The molecule has 1 aliphatic heterocycles. The second-order valence-electron chi connectivity index (χ2n) is 5.75. The van der Waals surface area contributed by atoms with Crippen molar-refractivity contribution in [1.29, 1.82) is 0 Å². The lowest BCUT2D eigenvalue weighted by molar-refractivity contribution is -0.117. The van der Waals surface area contributed by atoms with Gasteiger partial charge in [0.25, 0.3) is 0 Å². The van der Waals surface area contributed by atoms with Crippen molar-refractivity contribution in [2.75, 3.05) is 16.8 Å². The number of anilines is 2. The third-order valence-corrected chi connectivity index (χ3v) is 4.28. The highest BCUT2D eigenvalue weighted by molar-refractivity contribution is 6.30. The fourth-order valence-electron chi connectivity index (χ4n) is 2.93.